The van der Waals surface area contributed by atoms with E-state index in [1.165, 1.54) is 0 Å². The van der Waals surface area contributed by atoms with Gasteiger partial charge in [0.2, 0.25) is 0 Å². The van der Waals surface area contributed by atoms with E-state index in [9.17, 15) is 8.42 Å². The number of aliphatic hydroxyl groups excluding tert-OH is 1. The highest BCUT2D eigenvalue weighted by Crippen LogP contribution is 1.98. The van der Waals surface area contributed by atoms with E-state index in [1.807, 2.05) is 0 Å². The molecule has 0 saturated heterocycles. The molecule has 0 rings (SSSR count). The van der Waals surface area contributed by atoms with Crippen LogP contribution in [0.25, 0.3) is 0 Å². The molecule has 0 radical (unpaired) electrons. The van der Waals surface area contributed by atoms with Crippen molar-refractivity contribution in [2.45, 2.75) is 20.0 Å². The molecule has 0 aromatic heterocycles. The van der Waals surface area contributed by atoms with Gasteiger partial charge in [-0.2, -0.15) is 13.1 Å². The minimum Gasteiger partial charge on any atom is -0.391 e. The van der Waals surface area contributed by atoms with Crippen LogP contribution in [0.15, 0.2) is 0 Å². The fourth-order valence-electron chi connectivity index (χ4n) is 0.426. The van der Waals surface area contributed by atoms with Gasteiger partial charge in [-0.25, -0.2) is 0 Å². The molecule has 3 N–H and O–H groups in total. The monoisotopic (exact) mass is 183 g/mol. The summed E-state index contributed by atoms with van der Waals surface area (Å²) in [6.07, 6.45) is -0.767. The Morgan fingerprint density at radius 2 is 1.91 bits per heavy atom. The molecule has 0 aromatic rings. The molecule has 0 heterocycles. The zero-order chi connectivity index (χ0) is 9.07. The summed E-state index contributed by atoms with van der Waals surface area (Å²) in [4.78, 5) is 0. The van der Waals surface area contributed by atoms with Gasteiger partial charge >= 0.3 is 10.3 Å². The normalized spacial score (nSPS) is 15.4. The third kappa shape index (κ3) is 6.24. The summed E-state index contributed by atoms with van der Waals surface area (Å²) in [6, 6.07) is 0. The second-order valence-electron chi connectivity index (χ2n) is 2.63. The molecule has 1 unspecified atom stereocenters. The standard InChI is InChI=1S/C5H13NO4S/c1-4(2)5(7)3-6-11(8,9)10/h4-7H,3H2,1-2H3,(H,8,9,10). The lowest BCUT2D eigenvalue weighted by atomic mass is 10.1. The summed E-state index contributed by atoms with van der Waals surface area (Å²) < 4.78 is 30.2. The van der Waals surface area contributed by atoms with Crippen molar-refractivity contribution in [3.63, 3.8) is 0 Å². The van der Waals surface area contributed by atoms with Crippen LogP contribution < -0.4 is 4.72 Å². The van der Waals surface area contributed by atoms with Crippen LogP contribution in [0.4, 0.5) is 0 Å². The van der Waals surface area contributed by atoms with E-state index in [-0.39, 0.29) is 12.5 Å². The van der Waals surface area contributed by atoms with Crippen molar-refractivity contribution in [2.24, 2.45) is 5.92 Å². The van der Waals surface area contributed by atoms with Crippen molar-refractivity contribution in [3.8, 4) is 0 Å². The molecule has 0 aliphatic rings. The molecule has 0 saturated carbocycles. The van der Waals surface area contributed by atoms with Gasteiger partial charge < -0.3 is 5.11 Å². The molecule has 0 spiro atoms. The zero-order valence-electron chi connectivity index (χ0n) is 6.48. The van der Waals surface area contributed by atoms with Crippen LogP contribution in [-0.4, -0.2) is 30.7 Å². The van der Waals surface area contributed by atoms with E-state index in [4.69, 9.17) is 9.66 Å². The molecule has 0 aliphatic carbocycles. The summed E-state index contributed by atoms with van der Waals surface area (Å²) in [5.74, 6) is -0.0377. The van der Waals surface area contributed by atoms with Crippen LogP contribution >= 0.6 is 0 Å². The second kappa shape index (κ2) is 4.01. The van der Waals surface area contributed by atoms with Crippen molar-refractivity contribution in [1.82, 2.24) is 4.72 Å². The van der Waals surface area contributed by atoms with Crippen molar-refractivity contribution in [3.05, 3.63) is 0 Å². The summed E-state index contributed by atoms with van der Waals surface area (Å²) in [5, 5.41) is 9.05. The van der Waals surface area contributed by atoms with E-state index in [0.29, 0.717) is 0 Å². The molecule has 5 nitrogen and oxygen atoms in total. The van der Waals surface area contributed by atoms with Crippen molar-refractivity contribution in [2.75, 3.05) is 6.54 Å². The maximum atomic E-state index is 10.1. The third-order valence-electron chi connectivity index (χ3n) is 1.24. The first-order valence-electron chi connectivity index (χ1n) is 3.23. The molecular formula is C5H13NO4S. The predicted molar refractivity (Wildman–Crippen MR) is 40.4 cm³/mol. The molecular weight excluding hydrogens is 170 g/mol. The fourth-order valence-corrected chi connectivity index (χ4v) is 0.808. The maximum Gasteiger partial charge on any atom is 0.333 e. The molecule has 0 aromatic carbocycles. The minimum absolute atomic E-state index is 0.0377. The molecule has 0 fully saturated rings. The fraction of sp³-hybridized carbons (Fsp3) is 1.00. The van der Waals surface area contributed by atoms with Crippen LogP contribution in [0.5, 0.6) is 0 Å². The number of rotatable bonds is 4. The average Bonchev–Trinajstić information content (AvgIpc) is 1.80. The topological polar surface area (TPSA) is 86.6 Å². The first-order valence-corrected chi connectivity index (χ1v) is 4.67. The van der Waals surface area contributed by atoms with Crippen molar-refractivity contribution in [1.29, 1.82) is 0 Å². The molecule has 6 heteroatoms. The van der Waals surface area contributed by atoms with Crippen molar-refractivity contribution < 1.29 is 18.1 Å². The first-order chi connectivity index (χ1) is 4.83. The Morgan fingerprint density at radius 3 is 2.18 bits per heavy atom. The molecule has 68 valence electrons. The average molecular weight is 183 g/mol. The Kier molecular flexibility index (Phi) is 3.95. The number of hydrogen-bond donors (Lipinski definition) is 3. The molecule has 1 atom stereocenters. The largest absolute Gasteiger partial charge is 0.391 e. The minimum atomic E-state index is -4.16. The van der Waals surface area contributed by atoms with Crippen LogP contribution in [0.2, 0.25) is 0 Å². The summed E-state index contributed by atoms with van der Waals surface area (Å²) in [6.45, 7) is 3.34. The lowest BCUT2D eigenvalue weighted by Crippen LogP contribution is -2.34. The lowest BCUT2D eigenvalue weighted by Gasteiger charge is -2.13. The van der Waals surface area contributed by atoms with E-state index in [2.05, 4.69) is 0 Å². The third-order valence-corrected chi connectivity index (χ3v) is 1.78. The highest BCUT2D eigenvalue weighted by atomic mass is 32.2. The van der Waals surface area contributed by atoms with E-state index in [0.717, 1.165) is 0 Å². The first kappa shape index (κ1) is 10.8. The van der Waals surface area contributed by atoms with Crippen LogP contribution in [0, 0.1) is 5.92 Å². The van der Waals surface area contributed by atoms with E-state index < -0.39 is 16.4 Å². The predicted octanol–water partition coefficient (Wildman–Crippen LogP) is -0.604. The van der Waals surface area contributed by atoms with Crippen LogP contribution in [-0.2, 0) is 10.3 Å². The van der Waals surface area contributed by atoms with Gasteiger partial charge in [0.25, 0.3) is 0 Å². The van der Waals surface area contributed by atoms with E-state index in [1.54, 1.807) is 18.6 Å². The highest BCUT2D eigenvalue weighted by Gasteiger charge is 2.11. The van der Waals surface area contributed by atoms with Gasteiger partial charge in [0, 0.05) is 6.54 Å². The zero-order valence-corrected chi connectivity index (χ0v) is 7.30. The molecule has 11 heavy (non-hydrogen) atoms. The Balaban J connectivity index is 3.72. The highest BCUT2D eigenvalue weighted by molar-refractivity contribution is 7.83. The SMILES string of the molecule is CC(C)C(O)CNS(=O)(=O)O. The number of hydrogen-bond acceptors (Lipinski definition) is 3. The van der Waals surface area contributed by atoms with Crippen LogP contribution in [0.3, 0.4) is 0 Å². The summed E-state index contributed by atoms with van der Waals surface area (Å²) in [7, 11) is -4.16. The second-order valence-corrected chi connectivity index (χ2v) is 3.87. The van der Waals surface area contributed by atoms with Crippen molar-refractivity contribution >= 4 is 10.3 Å². The van der Waals surface area contributed by atoms with Gasteiger partial charge in [0.05, 0.1) is 6.10 Å². The maximum absolute atomic E-state index is 10.1. The summed E-state index contributed by atoms with van der Waals surface area (Å²) >= 11 is 0. The Morgan fingerprint density at radius 1 is 1.45 bits per heavy atom. The Hall–Kier alpha value is -0.170. The number of aliphatic hydroxyl groups is 1. The lowest BCUT2D eigenvalue weighted by molar-refractivity contribution is 0.129. The van der Waals surface area contributed by atoms with Gasteiger partial charge in [-0.15, -0.1) is 0 Å². The van der Waals surface area contributed by atoms with Gasteiger partial charge in [0.1, 0.15) is 0 Å². The summed E-state index contributed by atoms with van der Waals surface area (Å²) in [5.41, 5.74) is 0. The van der Waals surface area contributed by atoms with Gasteiger partial charge in [-0.1, -0.05) is 13.8 Å². The van der Waals surface area contributed by atoms with Gasteiger partial charge in [-0.3, -0.25) is 4.55 Å². The Labute approximate surface area is 66.3 Å². The smallest absolute Gasteiger partial charge is 0.333 e. The Bertz CT molecular complexity index is 199. The van der Waals surface area contributed by atoms with Gasteiger partial charge in [-0.05, 0) is 5.92 Å². The van der Waals surface area contributed by atoms with Crippen LogP contribution in [0.1, 0.15) is 13.8 Å². The van der Waals surface area contributed by atoms with Gasteiger partial charge in [0.15, 0.2) is 0 Å². The molecule has 0 aliphatic heterocycles. The molecule has 0 bridgehead atoms. The quantitative estimate of drug-likeness (QED) is 0.508. The van der Waals surface area contributed by atoms with E-state index >= 15 is 0 Å². The molecule has 0 amide bonds. The number of nitrogens with one attached hydrogen (secondary N) is 1.